The van der Waals surface area contributed by atoms with Crippen molar-refractivity contribution < 1.29 is 19.4 Å². The first-order valence-corrected chi connectivity index (χ1v) is 7.97. The van der Waals surface area contributed by atoms with E-state index in [1.54, 1.807) is 6.07 Å². The van der Waals surface area contributed by atoms with Crippen molar-refractivity contribution in [3.8, 4) is 0 Å². The minimum absolute atomic E-state index is 0.106. The molecular weight excluding hydrogens is 280 g/mol. The third kappa shape index (κ3) is 4.58. The molecule has 0 aromatic heterocycles. The second-order valence-electron chi connectivity index (χ2n) is 5.87. The number of aryl methyl sites for hydroxylation is 1. The average molecular weight is 306 g/mol. The molecule has 0 spiro atoms. The Morgan fingerprint density at radius 3 is 2.41 bits per heavy atom. The van der Waals surface area contributed by atoms with E-state index in [9.17, 15) is 14.7 Å². The molecule has 122 valence electrons. The van der Waals surface area contributed by atoms with Crippen LogP contribution in [0.1, 0.15) is 72.4 Å². The molecule has 4 nitrogen and oxygen atoms in total. The molecule has 0 radical (unpaired) electrons. The van der Waals surface area contributed by atoms with Crippen LogP contribution in [0.5, 0.6) is 0 Å². The van der Waals surface area contributed by atoms with E-state index in [1.165, 1.54) is 0 Å². The Balaban J connectivity index is 3.27. The number of rotatable bonds is 8. The number of carbonyl (C=O) groups excluding carboxylic acids is 1. The lowest BCUT2D eigenvalue weighted by Crippen LogP contribution is -2.17. The van der Waals surface area contributed by atoms with Gasteiger partial charge in [-0.2, -0.15) is 0 Å². The van der Waals surface area contributed by atoms with Gasteiger partial charge in [-0.1, -0.05) is 40.2 Å². The van der Waals surface area contributed by atoms with Crippen molar-refractivity contribution in [3.05, 3.63) is 34.4 Å². The summed E-state index contributed by atoms with van der Waals surface area (Å²) in [7, 11) is 0. The molecule has 0 unspecified atom stereocenters. The van der Waals surface area contributed by atoms with Gasteiger partial charge in [0, 0.05) is 0 Å². The summed E-state index contributed by atoms with van der Waals surface area (Å²) >= 11 is 0. The van der Waals surface area contributed by atoms with Crippen molar-refractivity contribution >= 4 is 11.9 Å². The quantitative estimate of drug-likeness (QED) is 0.580. The van der Waals surface area contributed by atoms with Crippen molar-refractivity contribution in [2.45, 2.75) is 53.4 Å². The fourth-order valence-corrected chi connectivity index (χ4v) is 2.46. The van der Waals surface area contributed by atoms with E-state index in [1.807, 2.05) is 33.8 Å². The van der Waals surface area contributed by atoms with E-state index in [-0.39, 0.29) is 11.1 Å². The van der Waals surface area contributed by atoms with Gasteiger partial charge in [-0.3, -0.25) is 0 Å². The number of esters is 1. The van der Waals surface area contributed by atoms with Crippen LogP contribution in [-0.4, -0.2) is 23.7 Å². The Hall–Kier alpha value is -1.84. The largest absolute Gasteiger partial charge is 0.478 e. The van der Waals surface area contributed by atoms with Gasteiger partial charge in [-0.05, 0) is 42.4 Å². The molecule has 4 heteroatoms. The second kappa shape index (κ2) is 8.57. The molecule has 0 fully saturated rings. The van der Waals surface area contributed by atoms with Gasteiger partial charge in [0.25, 0.3) is 0 Å². The van der Waals surface area contributed by atoms with Crippen LogP contribution in [0.3, 0.4) is 0 Å². The zero-order valence-corrected chi connectivity index (χ0v) is 13.9. The highest BCUT2D eigenvalue weighted by atomic mass is 16.5. The Morgan fingerprint density at radius 2 is 1.91 bits per heavy atom. The summed E-state index contributed by atoms with van der Waals surface area (Å²) in [6, 6.07) is 3.43. The molecule has 1 N–H and O–H groups in total. The summed E-state index contributed by atoms with van der Waals surface area (Å²) < 4.78 is 5.19. The van der Waals surface area contributed by atoms with Gasteiger partial charge >= 0.3 is 11.9 Å². The molecule has 0 atom stereocenters. The smallest absolute Gasteiger partial charge is 0.339 e. The Bertz CT molecular complexity index is 532. The number of unbranched alkanes of at least 4 members (excludes halogenated alkanes) is 1. The molecule has 1 rings (SSSR count). The first-order valence-electron chi connectivity index (χ1n) is 7.97. The molecule has 0 aliphatic rings. The molecule has 0 saturated carbocycles. The van der Waals surface area contributed by atoms with Crippen LogP contribution in [0, 0.1) is 5.92 Å². The molecule has 1 aromatic carbocycles. The van der Waals surface area contributed by atoms with Gasteiger partial charge in [-0.25, -0.2) is 9.59 Å². The van der Waals surface area contributed by atoms with Crippen LogP contribution in [0.15, 0.2) is 12.1 Å². The highest BCUT2D eigenvalue weighted by molar-refractivity contribution is 6.03. The van der Waals surface area contributed by atoms with Crippen LogP contribution in [0.2, 0.25) is 0 Å². The minimum Gasteiger partial charge on any atom is -0.478 e. The lowest BCUT2D eigenvalue weighted by molar-refractivity contribution is 0.0489. The molecule has 0 amide bonds. The number of carboxylic acid groups (broad SMARTS) is 1. The molecule has 0 aliphatic heterocycles. The van der Waals surface area contributed by atoms with Crippen LogP contribution in [-0.2, 0) is 17.6 Å². The van der Waals surface area contributed by atoms with Crippen molar-refractivity contribution in [3.63, 3.8) is 0 Å². The van der Waals surface area contributed by atoms with E-state index >= 15 is 0 Å². The number of carbonyl (C=O) groups is 2. The summed E-state index contributed by atoms with van der Waals surface area (Å²) in [5.41, 5.74) is 2.01. The van der Waals surface area contributed by atoms with Crippen LogP contribution in [0.4, 0.5) is 0 Å². The number of aromatic carboxylic acids is 1. The van der Waals surface area contributed by atoms with Crippen molar-refractivity contribution in [2.24, 2.45) is 5.92 Å². The molecule has 0 saturated heterocycles. The van der Waals surface area contributed by atoms with E-state index in [2.05, 4.69) is 0 Å². The van der Waals surface area contributed by atoms with Crippen molar-refractivity contribution in [1.29, 1.82) is 0 Å². The zero-order valence-electron chi connectivity index (χ0n) is 13.9. The summed E-state index contributed by atoms with van der Waals surface area (Å²) in [6.07, 6.45) is 3.08. The average Bonchev–Trinajstić information content (AvgIpc) is 2.45. The van der Waals surface area contributed by atoms with Gasteiger partial charge in [0.15, 0.2) is 0 Å². The Morgan fingerprint density at radius 1 is 1.23 bits per heavy atom. The first kappa shape index (κ1) is 18.2. The fourth-order valence-electron chi connectivity index (χ4n) is 2.46. The number of hydrogen-bond donors (Lipinski definition) is 1. The van der Waals surface area contributed by atoms with Gasteiger partial charge in [0.1, 0.15) is 0 Å². The second-order valence-corrected chi connectivity index (χ2v) is 5.87. The van der Waals surface area contributed by atoms with Gasteiger partial charge < -0.3 is 9.84 Å². The Labute approximate surface area is 132 Å². The van der Waals surface area contributed by atoms with Crippen LogP contribution in [0.25, 0.3) is 0 Å². The first-order chi connectivity index (χ1) is 10.4. The number of carboxylic acids is 1. The highest BCUT2D eigenvalue weighted by Gasteiger charge is 2.24. The maximum atomic E-state index is 12.2. The molecule has 22 heavy (non-hydrogen) atoms. The predicted octanol–water partition coefficient (Wildman–Crippen LogP) is 4.10. The SMILES string of the molecule is CCCCOC(=O)c1ccc(CC)c(CC(C)C)c1C(=O)O. The van der Waals surface area contributed by atoms with Crippen molar-refractivity contribution in [2.75, 3.05) is 6.61 Å². The third-order valence-corrected chi connectivity index (χ3v) is 3.57. The molecule has 0 bridgehead atoms. The third-order valence-electron chi connectivity index (χ3n) is 3.57. The molecule has 0 aliphatic carbocycles. The maximum absolute atomic E-state index is 12.2. The lowest BCUT2D eigenvalue weighted by Gasteiger charge is -2.17. The van der Waals surface area contributed by atoms with E-state index in [4.69, 9.17) is 4.74 Å². The van der Waals surface area contributed by atoms with Crippen LogP contribution >= 0.6 is 0 Å². The number of ether oxygens (including phenoxy) is 1. The van der Waals surface area contributed by atoms with E-state index < -0.39 is 11.9 Å². The fraction of sp³-hybridized carbons (Fsp3) is 0.556. The predicted molar refractivity (Wildman–Crippen MR) is 86.5 cm³/mol. The monoisotopic (exact) mass is 306 g/mol. The number of benzene rings is 1. The summed E-state index contributed by atoms with van der Waals surface area (Å²) in [5.74, 6) is -1.29. The minimum atomic E-state index is -1.06. The molecule has 0 heterocycles. The standard InChI is InChI=1S/C18H26O4/c1-5-7-10-22-18(21)14-9-8-13(6-2)15(11-12(3)4)16(14)17(19)20/h8-9,12H,5-7,10-11H2,1-4H3,(H,19,20). The van der Waals surface area contributed by atoms with E-state index in [0.717, 1.165) is 30.4 Å². The topological polar surface area (TPSA) is 63.6 Å². The maximum Gasteiger partial charge on any atom is 0.339 e. The molecule has 1 aromatic rings. The number of hydrogen-bond acceptors (Lipinski definition) is 3. The van der Waals surface area contributed by atoms with E-state index in [0.29, 0.717) is 18.9 Å². The normalized spacial score (nSPS) is 10.8. The lowest BCUT2D eigenvalue weighted by atomic mass is 9.89. The summed E-state index contributed by atoms with van der Waals surface area (Å²) in [5, 5.41) is 9.59. The van der Waals surface area contributed by atoms with Gasteiger partial charge in [-0.15, -0.1) is 0 Å². The summed E-state index contributed by atoms with van der Waals surface area (Å²) in [4.78, 5) is 23.9. The van der Waals surface area contributed by atoms with Gasteiger partial charge in [0.05, 0.1) is 17.7 Å². The molecular formula is C18H26O4. The van der Waals surface area contributed by atoms with Gasteiger partial charge in [0.2, 0.25) is 0 Å². The van der Waals surface area contributed by atoms with Crippen LogP contribution < -0.4 is 0 Å². The Kier molecular flexibility index (Phi) is 7.09. The highest BCUT2D eigenvalue weighted by Crippen LogP contribution is 2.24. The zero-order chi connectivity index (χ0) is 16.7. The summed E-state index contributed by atoms with van der Waals surface area (Å²) in [6.45, 7) is 8.40. The van der Waals surface area contributed by atoms with Crippen molar-refractivity contribution in [1.82, 2.24) is 0 Å².